The molecule has 0 spiro atoms. The third-order valence-electron chi connectivity index (χ3n) is 2.87. The van der Waals surface area contributed by atoms with Crippen LogP contribution in [0.15, 0.2) is 6.20 Å². The number of nitrogen functional groups attached to an aromatic ring is 1. The first-order valence-electron chi connectivity index (χ1n) is 5.20. The van der Waals surface area contributed by atoms with Crippen molar-refractivity contribution in [2.24, 2.45) is 0 Å². The standard InChI is InChI=1S/C10H16N2O2S/c1-2-7-5-10(13,3-4-14-7)8-6-12-9(11)15-8/h6-7,13H,2-5H2,1H3,(H2,11,12). The maximum absolute atomic E-state index is 10.5. The first-order chi connectivity index (χ1) is 7.14. The quantitative estimate of drug-likeness (QED) is 0.805. The SMILES string of the molecule is CCC1CC(O)(c2cnc(N)s2)CCO1. The van der Waals surface area contributed by atoms with Crippen molar-refractivity contribution in [3.63, 3.8) is 0 Å². The van der Waals surface area contributed by atoms with Crippen molar-refractivity contribution in [3.8, 4) is 0 Å². The zero-order chi connectivity index (χ0) is 10.9. The predicted octanol–water partition coefficient (Wildman–Crippen LogP) is 1.50. The molecule has 3 N–H and O–H groups in total. The lowest BCUT2D eigenvalue weighted by molar-refractivity contribution is -0.106. The van der Waals surface area contributed by atoms with Gasteiger partial charge in [-0.05, 0) is 6.42 Å². The van der Waals surface area contributed by atoms with Gasteiger partial charge < -0.3 is 15.6 Å². The van der Waals surface area contributed by atoms with Crippen LogP contribution in [0, 0.1) is 0 Å². The van der Waals surface area contributed by atoms with Crippen LogP contribution in [0.3, 0.4) is 0 Å². The molecule has 0 saturated carbocycles. The highest BCUT2D eigenvalue weighted by molar-refractivity contribution is 7.15. The van der Waals surface area contributed by atoms with Gasteiger partial charge >= 0.3 is 0 Å². The molecule has 2 atom stereocenters. The summed E-state index contributed by atoms with van der Waals surface area (Å²) in [5.74, 6) is 0. The summed E-state index contributed by atoms with van der Waals surface area (Å²) in [6.45, 7) is 2.67. The predicted molar refractivity (Wildman–Crippen MR) is 59.7 cm³/mol. The number of hydrogen-bond donors (Lipinski definition) is 2. The van der Waals surface area contributed by atoms with E-state index in [2.05, 4.69) is 11.9 Å². The summed E-state index contributed by atoms with van der Waals surface area (Å²) in [6, 6.07) is 0. The van der Waals surface area contributed by atoms with Gasteiger partial charge in [0, 0.05) is 19.0 Å². The minimum atomic E-state index is -0.784. The minimum Gasteiger partial charge on any atom is -0.384 e. The molecule has 5 heteroatoms. The van der Waals surface area contributed by atoms with Gasteiger partial charge in [0.2, 0.25) is 0 Å². The molecule has 84 valence electrons. The molecule has 1 aliphatic heterocycles. The smallest absolute Gasteiger partial charge is 0.180 e. The van der Waals surface area contributed by atoms with Gasteiger partial charge in [0.1, 0.15) is 5.60 Å². The molecule has 2 heterocycles. The molecule has 1 saturated heterocycles. The maximum Gasteiger partial charge on any atom is 0.180 e. The number of hydrogen-bond acceptors (Lipinski definition) is 5. The summed E-state index contributed by atoms with van der Waals surface area (Å²) in [6.07, 6.45) is 4.03. The molecular weight excluding hydrogens is 212 g/mol. The third kappa shape index (κ3) is 2.14. The van der Waals surface area contributed by atoms with Gasteiger partial charge in [-0.25, -0.2) is 4.98 Å². The van der Waals surface area contributed by atoms with Gasteiger partial charge in [-0.15, -0.1) is 0 Å². The Labute approximate surface area is 93.1 Å². The number of ether oxygens (including phenoxy) is 1. The number of nitrogens with two attached hydrogens (primary N) is 1. The summed E-state index contributed by atoms with van der Waals surface area (Å²) < 4.78 is 5.54. The van der Waals surface area contributed by atoms with Gasteiger partial charge in [0.25, 0.3) is 0 Å². The van der Waals surface area contributed by atoms with Crippen LogP contribution < -0.4 is 5.73 Å². The van der Waals surface area contributed by atoms with Crippen molar-refractivity contribution in [2.45, 2.75) is 37.9 Å². The summed E-state index contributed by atoms with van der Waals surface area (Å²) in [4.78, 5) is 4.85. The molecule has 2 rings (SSSR count). The molecular formula is C10H16N2O2S. The number of nitrogens with zero attached hydrogens (tertiary/aromatic N) is 1. The van der Waals surface area contributed by atoms with Crippen LogP contribution in [0.1, 0.15) is 31.1 Å². The molecule has 2 unspecified atom stereocenters. The Morgan fingerprint density at radius 2 is 2.60 bits per heavy atom. The highest BCUT2D eigenvalue weighted by atomic mass is 32.1. The van der Waals surface area contributed by atoms with Crippen LogP contribution in [-0.4, -0.2) is 22.8 Å². The Morgan fingerprint density at radius 1 is 1.80 bits per heavy atom. The normalized spacial score (nSPS) is 31.7. The molecule has 0 aromatic carbocycles. The summed E-state index contributed by atoms with van der Waals surface area (Å²) in [5.41, 5.74) is 4.79. The van der Waals surface area contributed by atoms with E-state index < -0.39 is 5.60 Å². The Balaban J connectivity index is 2.18. The lowest BCUT2D eigenvalue weighted by Crippen LogP contribution is -2.37. The van der Waals surface area contributed by atoms with Gasteiger partial charge in [0.05, 0.1) is 17.6 Å². The molecule has 1 aromatic heterocycles. The van der Waals surface area contributed by atoms with Crippen molar-refractivity contribution in [3.05, 3.63) is 11.1 Å². The largest absolute Gasteiger partial charge is 0.384 e. The van der Waals surface area contributed by atoms with E-state index in [9.17, 15) is 5.11 Å². The van der Waals surface area contributed by atoms with E-state index in [4.69, 9.17) is 10.5 Å². The number of thiazole rings is 1. The van der Waals surface area contributed by atoms with E-state index in [-0.39, 0.29) is 6.10 Å². The fourth-order valence-electron chi connectivity index (χ4n) is 1.92. The second-order valence-electron chi connectivity index (χ2n) is 3.95. The van der Waals surface area contributed by atoms with E-state index in [1.165, 1.54) is 11.3 Å². The lowest BCUT2D eigenvalue weighted by atomic mass is 9.88. The molecule has 0 bridgehead atoms. The van der Waals surface area contributed by atoms with Crippen LogP contribution in [-0.2, 0) is 10.3 Å². The zero-order valence-electron chi connectivity index (χ0n) is 8.77. The van der Waals surface area contributed by atoms with Crippen LogP contribution in [0.5, 0.6) is 0 Å². The second-order valence-corrected chi connectivity index (χ2v) is 5.01. The van der Waals surface area contributed by atoms with Crippen molar-refractivity contribution in [1.82, 2.24) is 4.98 Å². The monoisotopic (exact) mass is 228 g/mol. The van der Waals surface area contributed by atoms with Crippen LogP contribution >= 0.6 is 11.3 Å². The highest BCUT2D eigenvalue weighted by Crippen LogP contribution is 2.38. The topological polar surface area (TPSA) is 68.4 Å². The first-order valence-corrected chi connectivity index (χ1v) is 6.01. The molecule has 15 heavy (non-hydrogen) atoms. The number of aliphatic hydroxyl groups is 1. The molecule has 1 aliphatic rings. The van der Waals surface area contributed by atoms with Crippen molar-refractivity contribution in [1.29, 1.82) is 0 Å². The molecule has 1 aromatic rings. The minimum absolute atomic E-state index is 0.145. The van der Waals surface area contributed by atoms with Gasteiger partial charge in [-0.2, -0.15) is 0 Å². The Hall–Kier alpha value is -0.650. The zero-order valence-corrected chi connectivity index (χ0v) is 9.59. The van der Waals surface area contributed by atoms with Crippen molar-refractivity contribution >= 4 is 16.5 Å². The van der Waals surface area contributed by atoms with Crippen LogP contribution in [0.25, 0.3) is 0 Å². The van der Waals surface area contributed by atoms with E-state index in [0.29, 0.717) is 24.6 Å². The third-order valence-corrected chi connectivity index (χ3v) is 3.89. The maximum atomic E-state index is 10.5. The first kappa shape index (κ1) is 10.9. The fourth-order valence-corrected chi connectivity index (χ4v) is 2.73. The highest BCUT2D eigenvalue weighted by Gasteiger charge is 2.37. The van der Waals surface area contributed by atoms with Gasteiger partial charge in [-0.3, -0.25) is 0 Å². The van der Waals surface area contributed by atoms with Gasteiger partial charge in [0.15, 0.2) is 5.13 Å². The Kier molecular flexibility index (Phi) is 2.95. The summed E-state index contributed by atoms with van der Waals surface area (Å²) in [7, 11) is 0. The van der Waals surface area contributed by atoms with Crippen LogP contribution in [0.4, 0.5) is 5.13 Å². The summed E-state index contributed by atoms with van der Waals surface area (Å²) >= 11 is 1.37. The number of rotatable bonds is 2. The molecule has 0 radical (unpaired) electrons. The molecule has 0 amide bonds. The van der Waals surface area contributed by atoms with E-state index in [1.54, 1.807) is 6.20 Å². The van der Waals surface area contributed by atoms with E-state index >= 15 is 0 Å². The fraction of sp³-hybridized carbons (Fsp3) is 0.700. The Morgan fingerprint density at radius 3 is 3.20 bits per heavy atom. The Bertz CT molecular complexity index is 342. The van der Waals surface area contributed by atoms with Gasteiger partial charge in [-0.1, -0.05) is 18.3 Å². The molecule has 4 nitrogen and oxygen atoms in total. The average Bonchev–Trinajstić information content (AvgIpc) is 2.65. The van der Waals surface area contributed by atoms with Crippen molar-refractivity contribution < 1.29 is 9.84 Å². The number of anilines is 1. The second kappa shape index (κ2) is 4.08. The lowest BCUT2D eigenvalue weighted by Gasteiger charge is -2.35. The van der Waals surface area contributed by atoms with E-state index in [0.717, 1.165) is 11.3 Å². The van der Waals surface area contributed by atoms with Crippen molar-refractivity contribution in [2.75, 3.05) is 12.3 Å². The van der Waals surface area contributed by atoms with E-state index in [1.807, 2.05) is 0 Å². The number of aromatic nitrogens is 1. The molecule has 0 aliphatic carbocycles. The molecule has 1 fully saturated rings. The van der Waals surface area contributed by atoms with Crippen LogP contribution in [0.2, 0.25) is 0 Å². The average molecular weight is 228 g/mol. The summed E-state index contributed by atoms with van der Waals surface area (Å²) in [5, 5.41) is 11.0.